The van der Waals surface area contributed by atoms with Gasteiger partial charge in [-0.15, -0.1) is 23.7 Å². The molecule has 2 amide bonds. The predicted molar refractivity (Wildman–Crippen MR) is 73.9 cm³/mol. The van der Waals surface area contributed by atoms with Crippen molar-refractivity contribution in [2.45, 2.75) is 31.8 Å². The van der Waals surface area contributed by atoms with Gasteiger partial charge in [0.25, 0.3) is 0 Å². The molecule has 1 aromatic heterocycles. The fraction of sp³-hybridized carbons (Fsp3) is 0.385. The lowest BCUT2D eigenvalue weighted by atomic mass is 10.2. The Balaban J connectivity index is 2.58. The topological polar surface area (TPSA) is 78.4 Å². The number of carbonyl (C=O) groups excluding carboxylic acids is 1. The molecule has 19 heavy (non-hydrogen) atoms. The summed E-state index contributed by atoms with van der Waals surface area (Å²) in [6.07, 6.45) is 5.74. The van der Waals surface area contributed by atoms with E-state index in [0.29, 0.717) is 0 Å². The first-order valence-electron chi connectivity index (χ1n) is 5.85. The van der Waals surface area contributed by atoms with Crippen LogP contribution in [0.5, 0.6) is 0 Å². The molecule has 2 unspecified atom stereocenters. The predicted octanol–water partition coefficient (Wildman–Crippen LogP) is 1.97. The Hall–Kier alpha value is -2.00. The quantitative estimate of drug-likeness (QED) is 0.697. The molecule has 0 spiro atoms. The molecule has 102 valence electrons. The van der Waals surface area contributed by atoms with Gasteiger partial charge < -0.3 is 15.7 Å². The summed E-state index contributed by atoms with van der Waals surface area (Å²) in [5.74, 6) is 1.09. The highest BCUT2D eigenvalue weighted by Crippen LogP contribution is 2.21. The lowest BCUT2D eigenvalue weighted by molar-refractivity contribution is -0.139. The van der Waals surface area contributed by atoms with Gasteiger partial charge in [-0.3, -0.25) is 0 Å². The Labute approximate surface area is 116 Å². The first-order valence-corrected chi connectivity index (χ1v) is 6.73. The van der Waals surface area contributed by atoms with Crippen molar-refractivity contribution >= 4 is 23.3 Å². The summed E-state index contributed by atoms with van der Waals surface area (Å²) in [7, 11) is 0. The third kappa shape index (κ3) is 4.64. The molecule has 0 saturated heterocycles. The third-order valence-corrected chi connectivity index (χ3v) is 3.51. The number of carboxylic acids is 1. The second-order valence-corrected chi connectivity index (χ2v) is 4.87. The molecule has 0 bridgehead atoms. The van der Waals surface area contributed by atoms with Gasteiger partial charge in [0.05, 0.1) is 6.04 Å². The van der Waals surface area contributed by atoms with Gasteiger partial charge in [-0.25, -0.2) is 9.59 Å². The van der Waals surface area contributed by atoms with Crippen molar-refractivity contribution in [3.05, 3.63) is 22.4 Å². The van der Waals surface area contributed by atoms with Gasteiger partial charge in [0.15, 0.2) is 0 Å². The minimum Gasteiger partial charge on any atom is -0.480 e. The number of hydrogen-bond acceptors (Lipinski definition) is 3. The Bertz CT molecular complexity index is 465. The van der Waals surface area contributed by atoms with E-state index in [9.17, 15) is 9.59 Å². The van der Waals surface area contributed by atoms with E-state index in [0.717, 1.165) is 11.3 Å². The highest BCUT2D eigenvalue weighted by Gasteiger charge is 2.20. The van der Waals surface area contributed by atoms with Crippen LogP contribution in [0.3, 0.4) is 0 Å². The second-order valence-electron chi connectivity index (χ2n) is 3.89. The van der Waals surface area contributed by atoms with Crippen LogP contribution < -0.4 is 10.6 Å². The molecule has 0 aromatic carbocycles. The summed E-state index contributed by atoms with van der Waals surface area (Å²) >= 11 is 1.54. The molecular formula is C13H16N2O3S. The normalized spacial score (nSPS) is 13.1. The van der Waals surface area contributed by atoms with Crippen LogP contribution in [0.1, 0.15) is 30.7 Å². The molecule has 1 rings (SSSR count). The van der Waals surface area contributed by atoms with Gasteiger partial charge in [0.1, 0.15) is 6.04 Å². The summed E-state index contributed by atoms with van der Waals surface area (Å²) in [5.41, 5.74) is 0. The number of amides is 2. The summed E-state index contributed by atoms with van der Waals surface area (Å²) in [4.78, 5) is 23.6. The first kappa shape index (κ1) is 15.1. The molecule has 0 radical (unpaired) electrons. The van der Waals surface area contributed by atoms with E-state index in [1.807, 2.05) is 24.4 Å². The lowest BCUT2D eigenvalue weighted by Gasteiger charge is -2.18. The maximum atomic E-state index is 11.7. The van der Waals surface area contributed by atoms with Crippen LogP contribution in [-0.4, -0.2) is 23.1 Å². The van der Waals surface area contributed by atoms with Crippen molar-refractivity contribution in [3.63, 3.8) is 0 Å². The monoisotopic (exact) mass is 280 g/mol. The van der Waals surface area contributed by atoms with Crippen LogP contribution in [0, 0.1) is 12.3 Å². The van der Waals surface area contributed by atoms with E-state index < -0.39 is 18.0 Å². The molecule has 0 aliphatic carbocycles. The largest absolute Gasteiger partial charge is 0.480 e. The Morgan fingerprint density at radius 3 is 2.74 bits per heavy atom. The SMILES string of the molecule is C#CCC(NC(=O)NC(CC)c1cccs1)C(=O)O. The van der Waals surface area contributed by atoms with E-state index in [2.05, 4.69) is 16.6 Å². The number of aliphatic carboxylic acids is 1. The number of terminal acetylenes is 1. The van der Waals surface area contributed by atoms with Gasteiger partial charge in [0, 0.05) is 11.3 Å². The molecule has 6 heteroatoms. The van der Waals surface area contributed by atoms with Crippen LogP contribution in [-0.2, 0) is 4.79 Å². The van der Waals surface area contributed by atoms with Crippen molar-refractivity contribution in [2.75, 3.05) is 0 Å². The summed E-state index contributed by atoms with van der Waals surface area (Å²) in [6, 6.07) is 2.12. The Morgan fingerprint density at radius 2 is 2.26 bits per heavy atom. The van der Waals surface area contributed by atoms with E-state index >= 15 is 0 Å². The van der Waals surface area contributed by atoms with Crippen molar-refractivity contribution < 1.29 is 14.7 Å². The van der Waals surface area contributed by atoms with Gasteiger partial charge in [-0.05, 0) is 17.9 Å². The zero-order chi connectivity index (χ0) is 14.3. The van der Waals surface area contributed by atoms with Crippen LogP contribution in [0.15, 0.2) is 17.5 Å². The highest BCUT2D eigenvalue weighted by atomic mass is 32.1. The molecule has 5 nitrogen and oxygen atoms in total. The zero-order valence-corrected chi connectivity index (χ0v) is 11.4. The lowest BCUT2D eigenvalue weighted by Crippen LogP contribution is -2.46. The van der Waals surface area contributed by atoms with Crippen LogP contribution in [0.25, 0.3) is 0 Å². The molecule has 0 aliphatic heterocycles. The third-order valence-electron chi connectivity index (χ3n) is 2.53. The van der Waals surface area contributed by atoms with Crippen LogP contribution in [0.2, 0.25) is 0 Å². The van der Waals surface area contributed by atoms with Crippen molar-refractivity contribution in [2.24, 2.45) is 0 Å². The maximum Gasteiger partial charge on any atom is 0.327 e. The number of thiophene rings is 1. The van der Waals surface area contributed by atoms with E-state index in [-0.39, 0.29) is 12.5 Å². The highest BCUT2D eigenvalue weighted by molar-refractivity contribution is 7.10. The molecule has 3 N–H and O–H groups in total. The average Bonchev–Trinajstić information content (AvgIpc) is 2.89. The number of rotatable bonds is 6. The molecule has 1 heterocycles. The zero-order valence-electron chi connectivity index (χ0n) is 10.6. The van der Waals surface area contributed by atoms with Crippen molar-refractivity contribution in [1.29, 1.82) is 0 Å². The standard InChI is InChI=1S/C13H16N2O3S/c1-3-6-10(12(16)17)15-13(18)14-9(4-2)11-7-5-8-19-11/h1,5,7-10H,4,6H2,2H3,(H,16,17)(H2,14,15,18). The number of carboxylic acid groups (broad SMARTS) is 1. The Morgan fingerprint density at radius 1 is 1.53 bits per heavy atom. The fourth-order valence-corrected chi connectivity index (χ4v) is 2.40. The van der Waals surface area contributed by atoms with E-state index in [1.165, 1.54) is 0 Å². The number of hydrogen-bond donors (Lipinski definition) is 3. The number of nitrogens with one attached hydrogen (secondary N) is 2. The van der Waals surface area contributed by atoms with Crippen LogP contribution >= 0.6 is 11.3 Å². The number of carbonyl (C=O) groups is 2. The van der Waals surface area contributed by atoms with E-state index in [4.69, 9.17) is 11.5 Å². The van der Waals surface area contributed by atoms with E-state index in [1.54, 1.807) is 11.3 Å². The summed E-state index contributed by atoms with van der Waals surface area (Å²) < 4.78 is 0. The summed E-state index contributed by atoms with van der Waals surface area (Å²) in [6.45, 7) is 1.95. The Kier molecular flexibility index (Phi) is 5.90. The molecular weight excluding hydrogens is 264 g/mol. The first-order chi connectivity index (χ1) is 9.08. The fourth-order valence-electron chi connectivity index (χ4n) is 1.54. The van der Waals surface area contributed by atoms with Gasteiger partial charge in [-0.2, -0.15) is 0 Å². The molecule has 0 fully saturated rings. The summed E-state index contributed by atoms with van der Waals surface area (Å²) in [5, 5.41) is 15.9. The maximum absolute atomic E-state index is 11.7. The number of urea groups is 1. The van der Waals surface area contributed by atoms with Crippen LogP contribution in [0.4, 0.5) is 4.79 Å². The minimum atomic E-state index is -1.14. The molecule has 1 aromatic rings. The second kappa shape index (κ2) is 7.44. The minimum absolute atomic E-state index is 0.0431. The average molecular weight is 280 g/mol. The van der Waals surface area contributed by atoms with Crippen molar-refractivity contribution in [1.82, 2.24) is 10.6 Å². The molecule has 2 atom stereocenters. The smallest absolute Gasteiger partial charge is 0.327 e. The molecule has 0 aliphatic rings. The molecule has 0 saturated carbocycles. The van der Waals surface area contributed by atoms with Gasteiger partial charge >= 0.3 is 12.0 Å². The van der Waals surface area contributed by atoms with Gasteiger partial charge in [0.2, 0.25) is 0 Å². The van der Waals surface area contributed by atoms with Crippen molar-refractivity contribution in [3.8, 4) is 12.3 Å². The van der Waals surface area contributed by atoms with Gasteiger partial charge in [-0.1, -0.05) is 13.0 Å².